The lowest BCUT2D eigenvalue weighted by Crippen LogP contribution is -2.35. The molecule has 0 aliphatic heterocycles. The van der Waals surface area contributed by atoms with Crippen molar-refractivity contribution < 1.29 is 13.4 Å². The van der Waals surface area contributed by atoms with Gasteiger partial charge in [-0.3, -0.25) is 0 Å². The van der Waals surface area contributed by atoms with Crippen LogP contribution in [0.25, 0.3) is 28.3 Å². The Bertz CT molecular complexity index is 1090. The number of aryl methyl sites for hydroxylation is 3. The lowest BCUT2D eigenvalue weighted by molar-refractivity contribution is -0.680. The molecule has 0 N–H and O–H groups in total. The monoisotopic (exact) mass is 333 g/mol. The number of aromatic nitrogens is 2. The van der Waals surface area contributed by atoms with E-state index in [0.717, 1.165) is 34.6 Å². The topological polar surface area (TPSA) is 43.0 Å². The molecule has 0 fully saturated rings. The highest BCUT2D eigenvalue weighted by molar-refractivity contribution is 5.74. The first kappa shape index (κ1) is 15.6. The first-order chi connectivity index (χ1) is 12.1. The maximum absolute atomic E-state index is 6.02. The number of nitrogens with zero attached hydrogens (tertiary/aromatic N) is 2. The van der Waals surface area contributed by atoms with Crippen molar-refractivity contribution in [2.24, 2.45) is 0 Å². The van der Waals surface area contributed by atoms with E-state index in [1.54, 1.807) is 0 Å². The Balaban J connectivity index is 1.61. The van der Waals surface area contributed by atoms with Gasteiger partial charge in [-0.05, 0) is 56.2 Å². The molecule has 0 unspecified atom stereocenters. The van der Waals surface area contributed by atoms with Gasteiger partial charge >= 0.3 is 5.89 Å². The predicted octanol–water partition coefficient (Wildman–Crippen LogP) is 4.75. The van der Waals surface area contributed by atoms with Crippen LogP contribution in [0, 0.1) is 13.8 Å². The molecular weight excluding hydrogens is 312 g/mol. The molecule has 25 heavy (non-hydrogen) atoms. The van der Waals surface area contributed by atoms with Gasteiger partial charge in [0, 0.05) is 6.07 Å². The van der Waals surface area contributed by atoms with Crippen LogP contribution in [0.5, 0.6) is 0 Å². The summed E-state index contributed by atoms with van der Waals surface area (Å²) in [6, 6.07) is 12.3. The number of benzene rings is 2. The molecule has 2 aromatic carbocycles. The van der Waals surface area contributed by atoms with E-state index < -0.39 is 0 Å². The van der Waals surface area contributed by atoms with E-state index in [1.807, 2.05) is 36.4 Å². The first-order valence-corrected chi connectivity index (χ1v) is 8.59. The molecule has 0 aliphatic carbocycles. The molecule has 0 atom stereocenters. The Morgan fingerprint density at radius 1 is 1.00 bits per heavy atom. The molecule has 4 nitrogen and oxygen atoms in total. The number of oxazole rings is 2. The zero-order chi connectivity index (χ0) is 17.4. The standard InChI is InChI=1S/C21H21N2O2/c1-4-23-17-13-15(3)9-11-19(17)25-21(23)7-5-6-20-22-16-12-14(2)8-10-18(16)24-20/h5-6,8-13H,4,7H2,1-3H3/q+1. The quantitative estimate of drug-likeness (QED) is 0.506. The molecule has 4 aromatic rings. The summed E-state index contributed by atoms with van der Waals surface area (Å²) in [7, 11) is 0. The van der Waals surface area contributed by atoms with Crippen LogP contribution in [0.4, 0.5) is 0 Å². The zero-order valence-electron chi connectivity index (χ0n) is 14.7. The second kappa shape index (κ2) is 6.20. The van der Waals surface area contributed by atoms with Crippen LogP contribution in [0.3, 0.4) is 0 Å². The maximum Gasteiger partial charge on any atom is 0.351 e. The average Bonchev–Trinajstić information content (AvgIpc) is 3.14. The molecule has 0 saturated carbocycles. The third-order valence-corrected chi connectivity index (χ3v) is 4.36. The summed E-state index contributed by atoms with van der Waals surface area (Å²) in [6.45, 7) is 7.16. The molecule has 2 aromatic heterocycles. The fraction of sp³-hybridized carbons (Fsp3) is 0.238. The zero-order valence-corrected chi connectivity index (χ0v) is 14.7. The van der Waals surface area contributed by atoms with Gasteiger partial charge in [0.2, 0.25) is 11.5 Å². The van der Waals surface area contributed by atoms with Gasteiger partial charge in [0.15, 0.2) is 5.58 Å². The lowest BCUT2D eigenvalue weighted by atomic mass is 10.2. The largest absolute Gasteiger partial charge is 0.437 e. The molecule has 4 rings (SSSR count). The highest BCUT2D eigenvalue weighted by atomic mass is 16.4. The average molecular weight is 333 g/mol. The van der Waals surface area contributed by atoms with Crippen LogP contribution in [0.2, 0.25) is 0 Å². The van der Waals surface area contributed by atoms with Crippen molar-refractivity contribution >= 4 is 28.3 Å². The van der Waals surface area contributed by atoms with Crippen LogP contribution in [-0.2, 0) is 13.0 Å². The fourth-order valence-electron chi connectivity index (χ4n) is 3.13. The van der Waals surface area contributed by atoms with Crippen molar-refractivity contribution in [3.05, 3.63) is 65.4 Å². The van der Waals surface area contributed by atoms with Crippen LogP contribution in [0.1, 0.15) is 29.8 Å². The number of allylic oxidation sites excluding steroid dienone is 1. The van der Waals surface area contributed by atoms with Gasteiger partial charge in [0.1, 0.15) is 12.1 Å². The van der Waals surface area contributed by atoms with Gasteiger partial charge in [-0.15, -0.1) is 0 Å². The minimum Gasteiger partial charge on any atom is -0.437 e. The Morgan fingerprint density at radius 2 is 1.76 bits per heavy atom. The Hall–Kier alpha value is -2.88. The van der Waals surface area contributed by atoms with Crippen molar-refractivity contribution in [3.63, 3.8) is 0 Å². The van der Waals surface area contributed by atoms with Gasteiger partial charge in [0.05, 0.1) is 6.42 Å². The van der Waals surface area contributed by atoms with E-state index in [0.29, 0.717) is 12.3 Å². The van der Waals surface area contributed by atoms with Gasteiger partial charge < -0.3 is 8.83 Å². The number of hydrogen-bond acceptors (Lipinski definition) is 3. The molecule has 0 radical (unpaired) electrons. The molecule has 0 aliphatic rings. The number of rotatable bonds is 4. The van der Waals surface area contributed by atoms with Gasteiger partial charge in [-0.1, -0.05) is 18.2 Å². The van der Waals surface area contributed by atoms with Crippen molar-refractivity contribution in [2.75, 3.05) is 0 Å². The van der Waals surface area contributed by atoms with Gasteiger partial charge in [-0.2, -0.15) is 4.57 Å². The highest BCUT2D eigenvalue weighted by Crippen LogP contribution is 2.19. The van der Waals surface area contributed by atoms with Crippen LogP contribution >= 0.6 is 0 Å². The van der Waals surface area contributed by atoms with E-state index in [2.05, 4.69) is 42.5 Å². The molecule has 0 saturated heterocycles. The van der Waals surface area contributed by atoms with Crippen molar-refractivity contribution in [1.29, 1.82) is 0 Å². The summed E-state index contributed by atoms with van der Waals surface area (Å²) in [5.41, 5.74) is 6.18. The van der Waals surface area contributed by atoms with Crippen molar-refractivity contribution in [3.8, 4) is 0 Å². The maximum atomic E-state index is 6.02. The third kappa shape index (κ3) is 2.95. The second-order valence-corrected chi connectivity index (χ2v) is 6.34. The summed E-state index contributed by atoms with van der Waals surface area (Å²) in [5, 5.41) is 0. The van der Waals surface area contributed by atoms with E-state index in [-0.39, 0.29) is 0 Å². The van der Waals surface area contributed by atoms with Gasteiger partial charge in [0.25, 0.3) is 5.52 Å². The molecule has 0 amide bonds. The molecule has 4 heteroatoms. The number of hydrogen-bond donors (Lipinski definition) is 0. The minimum absolute atomic E-state index is 0.621. The van der Waals surface area contributed by atoms with E-state index in [9.17, 15) is 0 Å². The minimum atomic E-state index is 0.621. The normalized spacial score (nSPS) is 12.0. The molecule has 0 bridgehead atoms. The Morgan fingerprint density at radius 3 is 2.56 bits per heavy atom. The summed E-state index contributed by atoms with van der Waals surface area (Å²) >= 11 is 0. The summed E-state index contributed by atoms with van der Waals surface area (Å²) in [5.74, 6) is 1.56. The Labute approximate surface area is 146 Å². The predicted molar refractivity (Wildman–Crippen MR) is 98.3 cm³/mol. The van der Waals surface area contributed by atoms with Crippen LogP contribution < -0.4 is 4.57 Å². The third-order valence-electron chi connectivity index (χ3n) is 4.36. The second-order valence-electron chi connectivity index (χ2n) is 6.34. The molecule has 2 heterocycles. The van der Waals surface area contributed by atoms with E-state index in [1.165, 1.54) is 11.1 Å². The lowest BCUT2D eigenvalue weighted by Gasteiger charge is -1.91. The Kier molecular flexibility index (Phi) is 3.88. The molecular formula is C21H21N2O2+. The molecule has 126 valence electrons. The number of fused-ring (bicyclic) bond motifs is 2. The van der Waals surface area contributed by atoms with E-state index in [4.69, 9.17) is 8.83 Å². The highest BCUT2D eigenvalue weighted by Gasteiger charge is 2.19. The summed E-state index contributed by atoms with van der Waals surface area (Å²) in [4.78, 5) is 4.51. The fourth-order valence-corrected chi connectivity index (χ4v) is 3.13. The van der Waals surface area contributed by atoms with Crippen LogP contribution in [-0.4, -0.2) is 4.98 Å². The first-order valence-electron chi connectivity index (χ1n) is 8.59. The van der Waals surface area contributed by atoms with E-state index >= 15 is 0 Å². The smallest absolute Gasteiger partial charge is 0.351 e. The molecule has 0 spiro atoms. The van der Waals surface area contributed by atoms with Crippen molar-refractivity contribution in [2.45, 2.75) is 33.7 Å². The summed E-state index contributed by atoms with van der Waals surface area (Å²) in [6.07, 6.45) is 4.64. The van der Waals surface area contributed by atoms with Gasteiger partial charge in [-0.25, -0.2) is 4.98 Å². The summed E-state index contributed by atoms with van der Waals surface area (Å²) < 4.78 is 14.0. The SMILES string of the molecule is CC[n+]1c(CC=Cc2nc3cc(C)ccc3o2)oc2ccc(C)cc21. The van der Waals surface area contributed by atoms with Crippen LogP contribution in [0.15, 0.2) is 51.3 Å². The van der Waals surface area contributed by atoms with Crippen molar-refractivity contribution in [1.82, 2.24) is 4.98 Å².